The van der Waals surface area contributed by atoms with Gasteiger partial charge in [0.05, 0.1) is 11.5 Å². The Labute approximate surface area is 176 Å². The summed E-state index contributed by atoms with van der Waals surface area (Å²) >= 11 is 0. The van der Waals surface area contributed by atoms with E-state index < -0.39 is 11.5 Å². The molecule has 4 saturated carbocycles. The number of carbonyl (C=O) groups is 3. The molecule has 1 saturated heterocycles. The van der Waals surface area contributed by atoms with E-state index >= 15 is 0 Å². The molecule has 1 aliphatic heterocycles. The molecule has 6 rings (SSSR count). The number of hydrogen-bond donors (Lipinski definition) is 3. The number of ketones is 1. The van der Waals surface area contributed by atoms with E-state index in [1.54, 1.807) is 24.5 Å². The first-order valence-corrected chi connectivity index (χ1v) is 11.1. The van der Waals surface area contributed by atoms with E-state index in [-0.39, 0.29) is 29.1 Å². The van der Waals surface area contributed by atoms with E-state index in [0.29, 0.717) is 36.3 Å². The zero-order chi connectivity index (χ0) is 21.1. The van der Waals surface area contributed by atoms with Gasteiger partial charge in [-0.1, -0.05) is 0 Å². The minimum absolute atomic E-state index is 0.0505. The van der Waals surface area contributed by atoms with E-state index in [1.807, 2.05) is 6.92 Å². The van der Waals surface area contributed by atoms with Gasteiger partial charge in [-0.05, 0) is 81.9 Å². The predicted molar refractivity (Wildman–Crippen MR) is 110 cm³/mol. The number of nitrogens with one attached hydrogen (secondary N) is 2. The van der Waals surface area contributed by atoms with Crippen LogP contribution in [0, 0.1) is 28.6 Å². The second-order valence-corrected chi connectivity index (χ2v) is 10.3. The summed E-state index contributed by atoms with van der Waals surface area (Å²) in [7, 11) is 0. The summed E-state index contributed by atoms with van der Waals surface area (Å²) in [6.07, 6.45) is 8.43. The highest BCUT2D eigenvalue weighted by Gasteiger charge is 2.59. The van der Waals surface area contributed by atoms with Gasteiger partial charge < -0.3 is 16.4 Å². The SMILES string of the molecule is CC1(C(=O)NC2C3CC4CC2CC(C(N)=O)(C4)C3)CCNC1C(=O)c1ccncc1. The number of amides is 2. The number of Topliss-reactive ketones (excluding diaryl/α,β-unsaturated/α-hetero) is 1. The van der Waals surface area contributed by atoms with Gasteiger partial charge in [0, 0.05) is 29.4 Å². The predicted octanol–water partition coefficient (Wildman–Crippen LogP) is 1.43. The van der Waals surface area contributed by atoms with E-state index in [2.05, 4.69) is 15.6 Å². The number of carbonyl (C=O) groups excluding carboxylic acids is 3. The molecule has 4 bridgehead atoms. The van der Waals surface area contributed by atoms with Crippen LogP contribution in [0.4, 0.5) is 0 Å². The fraction of sp³-hybridized carbons (Fsp3) is 0.652. The maximum absolute atomic E-state index is 13.5. The highest BCUT2D eigenvalue weighted by atomic mass is 16.2. The van der Waals surface area contributed by atoms with Crippen LogP contribution in [-0.2, 0) is 9.59 Å². The van der Waals surface area contributed by atoms with Crippen molar-refractivity contribution in [1.82, 2.24) is 15.6 Å². The molecule has 2 heterocycles. The minimum atomic E-state index is -0.795. The van der Waals surface area contributed by atoms with Crippen LogP contribution >= 0.6 is 0 Å². The Bertz CT molecular complexity index is 872. The average Bonchev–Trinajstić information content (AvgIpc) is 3.13. The molecule has 160 valence electrons. The molecule has 1 aromatic rings. The van der Waals surface area contributed by atoms with Gasteiger partial charge in [-0.2, -0.15) is 0 Å². The zero-order valence-corrected chi connectivity index (χ0v) is 17.4. The third kappa shape index (κ3) is 2.89. The molecule has 4 N–H and O–H groups in total. The van der Waals surface area contributed by atoms with Crippen molar-refractivity contribution in [3.63, 3.8) is 0 Å². The first kappa shape index (κ1) is 19.7. The van der Waals surface area contributed by atoms with E-state index in [9.17, 15) is 14.4 Å². The molecule has 0 spiro atoms. The summed E-state index contributed by atoms with van der Waals surface area (Å²) in [6.45, 7) is 2.53. The molecule has 1 aromatic heterocycles. The van der Waals surface area contributed by atoms with Gasteiger partial charge in [0.2, 0.25) is 11.8 Å². The topological polar surface area (TPSA) is 114 Å². The first-order chi connectivity index (χ1) is 14.3. The normalized spacial score (nSPS) is 41.6. The fourth-order valence-electron chi connectivity index (χ4n) is 7.03. The van der Waals surface area contributed by atoms with Crippen LogP contribution in [0.2, 0.25) is 0 Å². The molecule has 4 atom stereocenters. The zero-order valence-electron chi connectivity index (χ0n) is 17.4. The molecule has 7 heteroatoms. The summed E-state index contributed by atoms with van der Waals surface area (Å²) in [5.41, 5.74) is 5.20. The lowest BCUT2D eigenvalue weighted by molar-refractivity contribution is -0.149. The maximum atomic E-state index is 13.5. The second-order valence-electron chi connectivity index (χ2n) is 10.3. The Morgan fingerprint density at radius 2 is 1.80 bits per heavy atom. The maximum Gasteiger partial charge on any atom is 0.228 e. The Balaban J connectivity index is 1.34. The summed E-state index contributed by atoms with van der Waals surface area (Å²) in [5, 5.41) is 6.60. The molecule has 4 aliphatic carbocycles. The number of rotatable bonds is 5. The average molecular weight is 411 g/mol. The number of pyridine rings is 1. The quantitative estimate of drug-likeness (QED) is 0.636. The van der Waals surface area contributed by atoms with Crippen LogP contribution < -0.4 is 16.4 Å². The van der Waals surface area contributed by atoms with Crippen molar-refractivity contribution in [2.45, 2.75) is 57.5 Å². The van der Waals surface area contributed by atoms with Gasteiger partial charge in [0.25, 0.3) is 0 Å². The smallest absolute Gasteiger partial charge is 0.228 e. The molecule has 7 nitrogen and oxygen atoms in total. The van der Waals surface area contributed by atoms with Crippen molar-refractivity contribution in [1.29, 1.82) is 0 Å². The second kappa shape index (κ2) is 6.87. The van der Waals surface area contributed by atoms with E-state index in [4.69, 9.17) is 5.73 Å². The van der Waals surface area contributed by atoms with E-state index in [1.165, 1.54) is 0 Å². The number of hydrogen-bond acceptors (Lipinski definition) is 5. The fourth-order valence-corrected chi connectivity index (χ4v) is 7.03. The summed E-state index contributed by atoms with van der Waals surface area (Å²) in [5.74, 6) is 0.880. The number of aromatic nitrogens is 1. The molecule has 4 unspecified atom stereocenters. The Hall–Kier alpha value is -2.28. The number of nitrogens with zero attached hydrogens (tertiary/aromatic N) is 1. The van der Waals surface area contributed by atoms with Gasteiger partial charge in [-0.25, -0.2) is 0 Å². The van der Waals surface area contributed by atoms with Crippen LogP contribution in [0.5, 0.6) is 0 Å². The third-order valence-electron chi connectivity index (χ3n) is 8.47. The van der Waals surface area contributed by atoms with Crippen molar-refractivity contribution < 1.29 is 14.4 Å². The Kier molecular flexibility index (Phi) is 4.51. The molecule has 0 radical (unpaired) electrons. The Morgan fingerprint density at radius 1 is 1.13 bits per heavy atom. The number of nitrogens with two attached hydrogens (primary N) is 1. The van der Waals surface area contributed by atoms with Crippen LogP contribution in [0.15, 0.2) is 24.5 Å². The molecule has 30 heavy (non-hydrogen) atoms. The third-order valence-corrected chi connectivity index (χ3v) is 8.47. The van der Waals surface area contributed by atoms with Gasteiger partial charge in [0.1, 0.15) is 0 Å². The molecule has 2 amide bonds. The molecule has 5 fully saturated rings. The number of primary amides is 1. The largest absolute Gasteiger partial charge is 0.369 e. The lowest BCUT2D eigenvalue weighted by Gasteiger charge is -2.59. The van der Waals surface area contributed by atoms with Crippen molar-refractivity contribution in [2.75, 3.05) is 6.54 Å². The first-order valence-electron chi connectivity index (χ1n) is 11.1. The lowest BCUT2D eigenvalue weighted by atomic mass is 9.47. The van der Waals surface area contributed by atoms with Crippen LogP contribution in [-0.4, -0.2) is 41.2 Å². The van der Waals surface area contributed by atoms with Gasteiger partial charge in [-0.15, -0.1) is 0 Å². The van der Waals surface area contributed by atoms with Crippen molar-refractivity contribution in [3.8, 4) is 0 Å². The highest BCUT2D eigenvalue weighted by Crippen LogP contribution is 2.60. The van der Waals surface area contributed by atoms with Crippen molar-refractivity contribution in [2.24, 2.45) is 34.3 Å². The van der Waals surface area contributed by atoms with Crippen molar-refractivity contribution in [3.05, 3.63) is 30.1 Å². The summed E-state index contributed by atoms with van der Waals surface area (Å²) in [4.78, 5) is 42.8. The van der Waals surface area contributed by atoms with Crippen molar-refractivity contribution >= 4 is 17.6 Å². The van der Waals surface area contributed by atoms with Gasteiger partial charge in [0.15, 0.2) is 5.78 Å². The molecule has 0 aromatic carbocycles. The Morgan fingerprint density at radius 3 is 2.43 bits per heavy atom. The summed E-state index contributed by atoms with van der Waals surface area (Å²) < 4.78 is 0. The lowest BCUT2D eigenvalue weighted by Crippen LogP contribution is -2.63. The monoisotopic (exact) mass is 410 g/mol. The minimum Gasteiger partial charge on any atom is -0.369 e. The van der Waals surface area contributed by atoms with E-state index in [0.717, 1.165) is 32.1 Å². The van der Waals surface area contributed by atoms with Gasteiger partial charge in [-0.3, -0.25) is 19.4 Å². The van der Waals surface area contributed by atoms with Gasteiger partial charge >= 0.3 is 0 Å². The molecule has 5 aliphatic rings. The molecular weight excluding hydrogens is 380 g/mol. The van der Waals surface area contributed by atoms with Crippen LogP contribution in [0.3, 0.4) is 0 Å². The van der Waals surface area contributed by atoms with Crippen LogP contribution in [0.1, 0.15) is 55.8 Å². The van der Waals surface area contributed by atoms with Crippen LogP contribution in [0.25, 0.3) is 0 Å². The molecular formula is C23H30N4O3. The highest BCUT2D eigenvalue weighted by molar-refractivity contribution is 6.04. The standard InChI is InChI=1S/C23H30N4O3/c1-22(4-7-26-19(22)18(28)14-2-5-25-6-3-14)21(30)27-17-15-8-13-9-16(17)12-23(10-13,11-15)20(24)29/h2-3,5-6,13,15-17,19,26H,4,7-12H2,1H3,(H2,24,29)(H,27,30). The summed E-state index contributed by atoms with van der Waals surface area (Å²) in [6, 6.07) is 2.92.